The van der Waals surface area contributed by atoms with Gasteiger partial charge in [0.15, 0.2) is 5.96 Å². The molecule has 6 heteroatoms. The summed E-state index contributed by atoms with van der Waals surface area (Å²) in [4.78, 5) is 16.4. The number of ether oxygens (including phenoxy) is 1. The van der Waals surface area contributed by atoms with E-state index >= 15 is 0 Å². The van der Waals surface area contributed by atoms with Crippen LogP contribution in [0.2, 0.25) is 0 Å². The van der Waals surface area contributed by atoms with Crippen molar-refractivity contribution < 1.29 is 9.53 Å². The number of benzene rings is 1. The Hall–Kier alpha value is -2.24. The highest BCUT2D eigenvalue weighted by molar-refractivity contribution is 5.81. The van der Waals surface area contributed by atoms with E-state index in [2.05, 4.69) is 46.1 Å². The molecule has 150 valence electrons. The van der Waals surface area contributed by atoms with Gasteiger partial charge in [-0.25, -0.2) is 4.99 Å². The first-order chi connectivity index (χ1) is 13.1. The average Bonchev–Trinajstić information content (AvgIpc) is 3.48. The molecule has 0 atom stereocenters. The van der Waals surface area contributed by atoms with Gasteiger partial charge in [0, 0.05) is 31.6 Å². The number of amides is 1. The Kier molecular flexibility index (Phi) is 8.95. The van der Waals surface area contributed by atoms with Crippen molar-refractivity contribution in [1.82, 2.24) is 16.0 Å². The van der Waals surface area contributed by atoms with E-state index in [9.17, 15) is 4.79 Å². The van der Waals surface area contributed by atoms with E-state index in [-0.39, 0.29) is 5.91 Å². The standard InChI is InChI=1S/C21H34N4O2/c1-4-11-23-20(26)10-12-24-21(22-5-2)25-14-18-9-6-16(3)13-19(18)27-15-17-7-8-17/h6,9,13,17H,4-5,7-8,10-12,14-15H2,1-3H3,(H,23,26)(H2,22,24,25). The van der Waals surface area contributed by atoms with E-state index in [1.807, 2.05) is 13.8 Å². The van der Waals surface area contributed by atoms with Gasteiger partial charge in [0.1, 0.15) is 5.75 Å². The lowest BCUT2D eigenvalue weighted by molar-refractivity contribution is -0.120. The molecule has 1 amide bonds. The first-order valence-corrected chi connectivity index (χ1v) is 10.1. The molecule has 0 heterocycles. The number of guanidine groups is 1. The van der Waals surface area contributed by atoms with E-state index in [0.29, 0.717) is 19.5 Å². The average molecular weight is 375 g/mol. The fourth-order valence-electron chi connectivity index (χ4n) is 2.57. The Labute approximate surface area is 163 Å². The van der Waals surface area contributed by atoms with E-state index in [1.165, 1.54) is 18.4 Å². The van der Waals surface area contributed by atoms with Crippen molar-refractivity contribution in [2.75, 3.05) is 26.2 Å². The molecular formula is C21H34N4O2. The lowest BCUT2D eigenvalue weighted by Crippen LogP contribution is -2.39. The molecule has 6 nitrogen and oxygen atoms in total. The zero-order valence-electron chi connectivity index (χ0n) is 16.9. The summed E-state index contributed by atoms with van der Waals surface area (Å²) in [6, 6.07) is 6.27. The summed E-state index contributed by atoms with van der Waals surface area (Å²) in [5.74, 6) is 2.43. The molecule has 1 saturated carbocycles. The summed E-state index contributed by atoms with van der Waals surface area (Å²) in [7, 11) is 0. The molecular weight excluding hydrogens is 340 g/mol. The monoisotopic (exact) mass is 374 g/mol. The molecule has 2 rings (SSSR count). The molecule has 1 fully saturated rings. The Morgan fingerprint density at radius 2 is 2.00 bits per heavy atom. The van der Waals surface area contributed by atoms with Crippen LogP contribution in [-0.2, 0) is 11.3 Å². The van der Waals surface area contributed by atoms with Crippen molar-refractivity contribution in [1.29, 1.82) is 0 Å². The summed E-state index contributed by atoms with van der Waals surface area (Å²) in [6.45, 7) is 9.54. The number of carbonyl (C=O) groups excluding carboxylic acids is 1. The van der Waals surface area contributed by atoms with Crippen LogP contribution in [-0.4, -0.2) is 38.1 Å². The number of carbonyl (C=O) groups is 1. The maximum absolute atomic E-state index is 11.7. The van der Waals surface area contributed by atoms with Crippen molar-refractivity contribution in [2.24, 2.45) is 10.9 Å². The molecule has 27 heavy (non-hydrogen) atoms. The van der Waals surface area contributed by atoms with Crippen LogP contribution < -0.4 is 20.7 Å². The van der Waals surface area contributed by atoms with Crippen molar-refractivity contribution in [3.63, 3.8) is 0 Å². The first-order valence-electron chi connectivity index (χ1n) is 10.1. The Morgan fingerprint density at radius 3 is 2.70 bits per heavy atom. The number of aliphatic imine (C=N–C) groups is 1. The van der Waals surface area contributed by atoms with Gasteiger partial charge in [-0.3, -0.25) is 4.79 Å². The lowest BCUT2D eigenvalue weighted by atomic mass is 10.1. The second kappa shape index (κ2) is 11.5. The van der Waals surface area contributed by atoms with Crippen molar-refractivity contribution in [2.45, 2.75) is 53.0 Å². The third kappa shape index (κ3) is 8.33. The van der Waals surface area contributed by atoms with Gasteiger partial charge < -0.3 is 20.7 Å². The summed E-state index contributed by atoms with van der Waals surface area (Å²) in [5.41, 5.74) is 2.27. The smallest absolute Gasteiger partial charge is 0.221 e. The molecule has 1 aliphatic carbocycles. The van der Waals surface area contributed by atoms with Crippen molar-refractivity contribution in [3.05, 3.63) is 29.3 Å². The van der Waals surface area contributed by atoms with Gasteiger partial charge in [0.05, 0.1) is 13.2 Å². The first kappa shape index (κ1) is 21.1. The van der Waals surface area contributed by atoms with Gasteiger partial charge in [-0.2, -0.15) is 0 Å². The number of hydrogen-bond acceptors (Lipinski definition) is 3. The predicted molar refractivity (Wildman–Crippen MR) is 110 cm³/mol. The molecule has 1 aromatic rings. The van der Waals surface area contributed by atoms with Crippen LogP contribution >= 0.6 is 0 Å². The quantitative estimate of drug-likeness (QED) is 0.411. The predicted octanol–water partition coefficient (Wildman–Crippen LogP) is 2.76. The minimum Gasteiger partial charge on any atom is -0.493 e. The van der Waals surface area contributed by atoms with Gasteiger partial charge in [-0.05, 0) is 50.7 Å². The zero-order chi connectivity index (χ0) is 19.5. The van der Waals surface area contributed by atoms with Gasteiger partial charge >= 0.3 is 0 Å². The van der Waals surface area contributed by atoms with Crippen LogP contribution in [0.5, 0.6) is 5.75 Å². The number of nitrogens with zero attached hydrogens (tertiary/aromatic N) is 1. The molecule has 0 spiro atoms. The van der Waals surface area contributed by atoms with Gasteiger partial charge in [-0.15, -0.1) is 0 Å². The summed E-state index contributed by atoms with van der Waals surface area (Å²) < 4.78 is 6.02. The Morgan fingerprint density at radius 1 is 1.19 bits per heavy atom. The normalized spacial score (nSPS) is 14.0. The molecule has 0 unspecified atom stereocenters. The van der Waals surface area contributed by atoms with Gasteiger partial charge in [0.2, 0.25) is 5.91 Å². The van der Waals surface area contributed by atoms with Crippen LogP contribution in [0.15, 0.2) is 23.2 Å². The molecule has 0 aromatic heterocycles. The SMILES string of the molecule is CCCNC(=O)CCNC(=NCc1ccc(C)cc1OCC1CC1)NCC. The molecule has 1 aromatic carbocycles. The van der Waals surface area contributed by atoms with E-state index in [1.54, 1.807) is 0 Å². The fraction of sp³-hybridized carbons (Fsp3) is 0.619. The zero-order valence-corrected chi connectivity index (χ0v) is 16.9. The summed E-state index contributed by atoms with van der Waals surface area (Å²) in [6.07, 6.45) is 3.94. The molecule has 0 bridgehead atoms. The van der Waals surface area contributed by atoms with Crippen LogP contribution in [0, 0.1) is 12.8 Å². The van der Waals surface area contributed by atoms with Crippen LogP contribution in [0.4, 0.5) is 0 Å². The maximum atomic E-state index is 11.7. The summed E-state index contributed by atoms with van der Waals surface area (Å²) in [5, 5.41) is 9.33. The van der Waals surface area contributed by atoms with Crippen molar-refractivity contribution >= 4 is 11.9 Å². The maximum Gasteiger partial charge on any atom is 0.221 e. The number of rotatable bonds is 11. The highest BCUT2D eigenvalue weighted by atomic mass is 16.5. The summed E-state index contributed by atoms with van der Waals surface area (Å²) >= 11 is 0. The molecule has 0 radical (unpaired) electrons. The van der Waals surface area contributed by atoms with E-state index in [4.69, 9.17) is 4.74 Å². The Balaban J connectivity index is 1.89. The van der Waals surface area contributed by atoms with Crippen LogP contribution in [0.3, 0.4) is 0 Å². The van der Waals surface area contributed by atoms with Gasteiger partial charge in [0.25, 0.3) is 0 Å². The second-order valence-corrected chi connectivity index (χ2v) is 7.09. The topological polar surface area (TPSA) is 74.8 Å². The minimum atomic E-state index is 0.0643. The number of aryl methyl sites for hydroxylation is 1. The highest BCUT2D eigenvalue weighted by Crippen LogP contribution is 2.30. The molecule has 0 aliphatic heterocycles. The van der Waals surface area contributed by atoms with E-state index in [0.717, 1.165) is 49.3 Å². The van der Waals surface area contributed by atoms with Gasteiger partial charge in [-0.1, -0.05) is 19.1 Å². The molecule has 3 N–H and O–H groups in total. The Bertz CT molecular complexity index is 627. The minimum absolute atomic E-state index is 0.0643. The number of nitrogens with one attached hydrogen (secondary N) is 3. The fourth-order valence-corrected chi connectivity index (χ4v) is 2.57. The van der Waals surface area contributed by atoms with Crippen LogP contribution in [0.1, 0.15) is 50.7 Å². The van der Waals surface area contributed by atoms with Crippen molar-refractivity contribution in [3.8, 4) is 5.75 Å². The largest absolute Gasteiger partial charge is 0.493 e. The third-order valence-electron chi connectivity index (χ3n) is 4.36. The highest BCUT2D eigenvalue weighted by Gasteiger charge is 2.22. The molecule has 1 aliphatic rings. The number of hydrogen-bond donors (Lipinski definition) is 3. The molecule has 0 saturated heterocycles. The van der Waals surface area contributed by atoms with E-state index < -0.39 is 0 Å². The second-order valence-electron chi connectivity index (χ2n) is 7.09. The third-order valence-corrected chi connectivity index (χ3v) is 4.36. The van der Waals surface area contributed by atoms with Crippen LogP contribution in [0.25, 0.3) is 0 Å². The lowest BCUT2D eigenvalue weighted by Gasteiger charge is -2.13.